The Kier molecular flexibility index (Phi) is 4.13. The molecule has 0 saturated carbocycles. The van der Waals surface area contributed by atoms with Crippen molar-refractivity contribution in [1.82, 2.24) is 0 Å². The highest BCUT2D eigenvalue weighted by atomic mass is 35.6. The molecule has 0 fully saturated rings. The number of hydrogen-bond acceptors (Lipinski definition) is 2. The molecule has 0 aliphatic heterocycles. The lowest BCUT2D eigenvalue weighted by atomic mass is 10.1. The summed E-state index contributed by atoms with van der Waals surface area (Å²) in [5, 5.41) is 0.215. The third kappa shape index (κ3) is 3.15. The number of ether oxygens (including phenoxy) is 1. The summed E-state index contributed by atoms with van der Waals surface area (Å²) < 4.78 is 2.91. The maximum Gasteiger partial charge on any atom is 0.253 e. The minimum absolute atomic E-state index is 0.121. The van der Waals surface area contributed by atoms with Gasteiger partial charge in [0.1, 0.15) is 5.75 Å². The molecule has 82 valence electrons. The van der Waals surface area contributed by atoms with Crippen LogP contribution in [0.5, 0.6) is 5.75 Å². The predicted molar refractivity (Wildman–Crippen MR) is 62.6 cm³/mol. The summed E-state index contributed by atoms with van der Waals surface area (Å²) in [6.07, 6.45) is 0. The van der Waals surface area contributed by atoms with E-state index < -0.39 is 9.58 Å². The van der Waals surface area contributed by atoms with Gasteiger partial charge in [-0.1, -0.05) is 46.4 Å². The van der Waals surface area contributed by atoms with E-state index in [0.29, 0.717) is 5.75 Å². The van der Waals surface area contributed by atoms with E-state index in [2.05, 4.69) is 0 Å². The SMILES string of the molecule is COc1ccc(Cl)c(C(=O)C(Cl)(Cl)Cl)c1. The fourth-order valence-electron chi connectivity index (χ4n) is 0.958. The van der Waals surface area contributed by atoms with Crippen LogP contribution in [-0.4, -0.2) is 16.7 Å². The molecule has 0 unspecified atom stereocenters. The molecule has 0 atom stereocenters. The molecule has 0 N–H and O–H groups in total. The first-order valence-electron chi connectivity index (χ1n) is 3.81. The highest BCUT2D eigenvalue weighted by molar-refractivity contribution is 6.77. The van der Waals surface area contributed by atoms with Gasteiger partial charge in [0.15, 0.2) is 0 Å². The first kappa shape index (κ1) is 12.9. The number of halogens is 4. The smallest absolute Gasteiger partial charge is 0.253 e. The molecule has 0 radical (unpaired) electrons. The first-order chi connectivity index (χ1) is 6.86. The number of rotatable bonds is 2. The molecule has 2 nitrogen and oxygen atoms in total. The Labute approximate surface area is 107 Å². The monoisotopic (exact) mass is 286 g/mol. The van der Waals surface area contributed by atoms with Gasteiger partial charge in [-0.2, -0.15) is 0 Å². The molecule has 0 saturated heterocycles. The quantitative estimate of drug-likeness (QED) is 0.609. The van der Waals surface area contributed by atoms with E-state index in [9.17, 15) is 4.79 Å². The van der Waals surface area contributed by atoms with Crippen molar-refractivity contribution in [2.24, 2.45) is 0 Å². The fraction of sp³-hybridized carbons (Fsp3) is 0.222. The zero-order valence-corrected chi connectivity index (χ0v) is 10.6. The average Bonchev–Trinajstić information content (AvgIpc) is 2.16. The molecule has 1 aromatic carbocycles. The normalized spacial score (nSPS) is 11.3. The minimum Gasteiger partial charge on any atom is -0.497 e. The molecule has 0 heterocycles. The maximum absolute atomic E-state index is 11.6. The van der Waals surface area contributed by atoms with Crippen molar-refractivity contribution in [2.75, 3.05) is 7.11 Å². The minimum atomic E-state index is -2.02. The van der Waals surface area contributed by atoms with Crippen molar-refractivity contribution in [3.05, 3.63) is 28.8 Å². The Bertz CT molecular complexity index is 384. The zero-order chi connectivity index (χ0) is 11.6. The van der Waals surface area contributed by atoms with Crippen LogP contribution in [0, 0.1) is 0 Å². The molecule has 6 heteroatoms. The molecule has 15 heavy (non-hydrogen) atoms. The Balaban J connectivity index is 3.19. The average molecular weight is 288 g/mol. The number of carbonyl (C=O) groups excluding carboxylic acids is 1. The predicted octanol–water partition coefficient (Wildman–Crippen LogP) is 3.90. The van der Waals surface area contributed by atoms with Gasteiger partial charge in [-0.15, -0.1) is 0 Å². The van der Waals surface area contributed by atoms with E-state index in [4.69, 9.17) is 51.1 Å². The Hall–Kier alpha value is -0.150. The van der Waals surface area contributed by atoms with Crippen LogP contribution in [0.25, 0.3) is 0 Å². The van der Waals surface area contributed by atoms with E-state index in [1.165, 1.54) is 19.2 Å². The van der Waals surface area contributed by atoms with Crippen LogP contribution in [-0.2, 0) is 0 Å². The van der Waals surface area contributed by atoms with E-state index in [-0.39, 0.29) is 10.6 Å². The number of ketones is 1. The van der Waals surface area contributed by atoms with Crippen molar-refractivity contribution in [3.8, 4) is 5.75 Å². The molecule has 0 aliphatic carbocycles. The van der Waals surface area contributed by atoms with Crippen LogP contribution in [0.4, 0.5) is 0 Å². The van der Waals surface area contributed by atoms with Crippen molar-refractivity contribution >= 4 is 52.2 Å². The van der Waals surface area contributed by atoms with Crippen LogP contribution in [0.1, 0.15) is 10.4 Å². The summed E-state index contributed by atoms with van der Waals surface area (Å²) in [6, 6.07) is 4.54. The standard InChI is InChI=1S/C9H6Cl4O2/c1-15-5-2-3-7(10)6(4-5)8(14)9(11,12)13/h2-4H,1H3. The summed E-state index contributed by atoms with van der Waals surface area (Å²) >= 11 is 22.2. The van der Waals surface area contributed by atoms with Crippen molar-refractivity contribution in [1.29, 1.82) is 0 Å². The van der Waals surface area contributed by atoms with E-state index in [0.717, 1.165) is 0 Å². The molecule has 0 aromatic heterocycles. The van der Waals surface area contributed by atoms with Crippen LogP contribution >= 0.6 is 46.4 Å². The zero-order valence-electron chi connectivity index (χ0n) is 7.56. The molecule has 0 amide bonds. The highest BCUT2D eigenvalue weighted by Gasteiger charge is 2.33. The molecule has 0 aliphatic rings. The lowest BCUT2D eigenvalue weighted by Gasteiger charge is -2.11. The largest absolute Gasteiger partial charge is 0.497 e. The van der Waals surface area contributed by atoms with Crippen LogP contribution in [0.3, 0.4) is 0 Å². The van der Waals surface area contributed by atoms with Crippen molar-refractivity contribution in [3.63, 3.8) is 0 Å². The number of methoxy groups -OCH3 is 1. The third-order valence-electron chi connectivity index (χ3n) is 1.68. The third-order valence-corrected chi connectivity index (χ3v) is 2.52. The Morgan fingerprint density at radius 2 is 1.93 bits per heavy atom. The van der Waals surface area contributed by atoms with Gasteiger partial charge in [-0.3, -0.25) is 4.79 Å². The molecule has 0 spiro atoms. The van der Waals surface area contributed by atoms with Gasteiger partial charge in [-0.05, 0) is 18.2 Å². The molecular weight excluding hydrogens is 282 g/mol. The van der Waals surface area contributed by atoms with Gasteiger partial charge in [-0.25, -0.2) is 0 Å². The van der Waals surface area contributed by atoms with Crippen LogP contribution < -0.4 is 4.74 Å². The van der Waals surface area contributed by atoms with E-state index >= 15 is 0 Å². The maximum atomic E-state index is 11.6. The van der Waals surface area contributed by atoms with Gasteiger partial charge in [0.05, 0.1) is 12.1 Å². The van der Waals surface area contributed by atoms with Gasteiger partial charge in [0.2, 0.25) is 5.78 Å². The highest BCUT2D eigenvalue weighted by Crippen LogP contribution is 2.34. The second-order valence-corrected chi connectivity index (χ2v) is 5.36. The first-order valence-corrected chi connectivity index (χ1v) is 5.32. The number of carbonyl (C=O) groups is 1. The summed E-state index contributed by atoms with van der Waals surface area (Å²) in [6.45, 7) is 0. The summed E-state index contributed by atoms with van der Waals surface area (Å²) in [5.41, 5.74) is 0.121. The van der Waals surface area contributed by atoms with Crippen molar-refractivity contribution < 1.29 is 9.53 Å². The molecule has 1 aromatic rings. The van der Waals surface area contributed by atoms with E-state index in [1.54, 1.807) is 6.07 Å². The number of alkyl halides is 3. The second-order valence-electron chi connectivity index (χ2n) is 2.67. The summed E-state index contributed by atoms with van der Waals surface area (Å²) in [5.74, 6) is -0.214. The summed E-state index contributed by atoms with van der Waals surface area (Å²) in [7, 11) is 1.47. The van der Waals surface area contributed by atoms with Gasteiger partial charge in [0.25, 0.3) is 3.79 Å². The number of Topliss-reactive ketones (excluding diaryl/α,β-unsaturated/α-hetero) is 1. The van der Waals surface area contributed by atoms with Gasteiger partial charge < -0.3 is 4.74 Å². The van der Waals surface area contributed by atoms with Crippen LogP contribution in [0.15, 0.2) is 18.2 Å². The van der Waals surface area contributed by atoms with Crippen LogP contribution in [0.2, 0.25) is 5.02 Å². The van der Waals surface area contributed by atoms with Crippen molar-refractivity contribution in [2.45, 2.75) is 3.79 Å². The fourth-order valence-corrected chi connectivity index (χ4v) is 1.47. The molecular formula is C9H6Cl4O2. The second kappa shape index (κ2) is 4.79. The molecule has 1 rings (SSSR count). The Morgan fingerprint density at radius 3 is 2.40 bits per heavy atom. The van der Waals surface area contributed by atoms with Gasteiger partial charge >= 0.3 is 0 Å². The summed E-state index contributed by atoms with van der Waals surface area (Å²) in [4.78, 5) is 11.6. The van der Waals surface area contributed by atoms with Gasteiger partial charge in [0, 0.05) is 5.56 Å². The number of hydrogen-bond donors (Lipinski definition) is 0. The van der Waals surface area contributed by atoms with E-state index in [1.807, 2.05) is 0 Å². The topological polar surface area (TPSA) is 26.3 Å². The lowest BCUT2D eigenvalue weighted by molar-refractivity contribution is 0.0996. The lowest BCUT2D eigenvalue weighted by Crippen LogP contribution is -2.19. The molecule has 0 bridgehead atoms. The number of benzene rings is 1. The Morgan fingerprint density at radius 1 is 1.33 bits per heavy atom.